The molecule has 1 aliphatic carbocycles. The third-order valence-corrected chi connectivity index (χ3v) is 7.04. The number of rotatable bonds is 5. The average molecular weight is 432 g/mol. The van der Waals surface area contributed by atoms with Crippen LogP contribution in [0.25, 0.3) is 10.9 Å². The number of methoxy groups -OCH3 is 1. The van der Waals surface area contributed by atoms with Crippen molar-refractivity contribution in [1.29, 1.82) is 0 Å². The highest BCUT2D eigenvalue weighted by molar-refractivity contribution is 6.03. The largest absolute Gasteiger partial charge is 0.496 e. The Balaban J connectivity index is 1.58. The van der Waals surface area contributed by atoms with Crippen molar-refractivity contribution in [3.8, 4) is 5.75 Å². The summed E-state index contributed by atoms with van der Waals surface area (Å²) in [7, 11) is 1.63. The topological polar surface area (TPSA) is 63.6 Å². The van der Waals surface area contributed by atoms with Crippen LogP contribution in [0, 0.1) is 0 Å². The Bertz CT molecular complexity index is 1180. The minimum absolute atomic E-state index is 0.0870. The van der Waals surface area contributed by atoms with Gasteiger partial charge in [0.2, 0.25) is 5.91 Å². The molecule has 1 N–H and O–H groups in total. The molecule has 1 atom stereocenters. The third-order valence-electron chi connectivity index (χ3n) is 7.04. The number of para-hydroxylation sites is 2. The Morgan fingerprint density at radius 2 is 1.84 bits per heavy atom. The van der Waals surface area contributed by atoms with Crippen molar-refractivity contribution in [2.75, 3.05) is 7.11 Å². The molecule has 0 radical (unpaired) electrons. The zero-order valence-electron chi connectivity index (χ0n) is 18.6. The molecule has 166 valence electrons. The molecular formula is C26H29N3O3. The molecule has 0 spiro atoms. The molecule has 2 heterocycles. The van der Waals surface area contributed by atoms with E-state index in [1.54, 1.807) is 12.0 Å². The Morgan fingerprint density at radius 1 is 1.12 bits per heavy atom. The van der Waals surface area contributed by atoms with Crippen molar-refractivity contribution in [3.05, 3.63) is 65.9 Å². The maximum atomic E-state index is 13.8. The average Bonchev–Trinajstić information content (AvgIpc) is 3.45. The van der Waals surface area contributed by atoms with Gasteiger partial charge in [0.05, 0.1) is 20.2 Å². The minimum Gasteiger partial charge on any atom is -0.496 e. The number of aromatic nitrogens is 1. The van der Waals surface area contributed by atoms with Gasteiger partial charge in [0, 0.05) is 22.5 Å². The maximum absolute atomic E-state index is 13.8. The van der Waals surface area contributed by atoms with Crippen molar-refractivity contribution in [3.63, 3.8) is 0 Å². The standard InChI is InChI=1S/C26H29N3O3/c1-26(25(31)27-20-11-5-6-12-20)17-28-21-13-7-3-9-18(21)15-22(28)24(30)29(26)16-19-10-4-8-14-23(19)32-2/h3-4,7-10,13-15,20H,5-6,11-12,16-17H2,1-2H3,(H,27,31)/t26-/m0/s1. The number of hydrogen-bond donors (Lipinski definition) is 1. The lowest BCUT2D eigenvalue weighted by atomic mass is 9.93. The lowest BCUT2D eigenvalue weighted by molar-refractivity contribution is -0.133. The van der Waals surface area contributed by atoms with E-state index in [1.807, 2.05) is 66.1 Å². The van der Waals surface area contributed by atoms with E-state index in [4.69, 9.17) is 4.74 Å². The van der Waals surface area contributed by atoms with Crippen molar-refractivity contribution >= 4 is 22.7 Å². The second-order valence-electron chi connectivity index (χ2n) is 9.11. The fraction of sp³-hybridized carbons (Fsp3) is 0.385. The first kappa shape index (κ1) is 20.6. The molecule has 2 aromatic carbocycles. The first-order valence-electron chi connectivity index (χ1n) is 11.3. The predicted octanol–water partition coefficient (Wildman–Crippen LogP) is 4.12. The first-order valence-corrected chi connectivity index (χ1v) is 11.3. The van der Waals surface area contributed by atoms with E-state index in [0.29, 0.717) is 24.5 Å². The van der Waals surface area contributed by atoms with Gasteiger partial charge in [-0.3, -0.25) is 9.59 Å². The van der Waals surface area contributed by atoms with Crippen molar-refractivity contribution < 1.29 is 14.3 Å². The van der Waals surface area contributed by atoms with Crippen molar-refractivity contribution in [2.24, 2.45) is 0 Å². The molecule has 1 fully saturated rings. The summed E-state index contributed by atoms with van der Waals surface area (Å²) in [5.41, 5.74) is 1.46. The molecule has 1 aliphatic heterocycles. The predicted molar refractivity (Wildman–Crippen MR) is 124 cm³/mol. The second kappa shape index (κ2) is 8.01. The van der Waals surface area contributed by atoms with Crippen LogP contribution in [0.5, 0.6) is 5.75 Å². The van der Waals surface area contributed by atoms with Crippen LogP contribution in [0.15, 0.2) is 54.6 Å². The molecule has 3 aromatic rings. The van der Waals surface area contributed by atoms with E-state index in [9.17, 15) is 9.59 Å². The van der Waals surface area contributed by atoms with Crippen molar-refractivity contribution in [1.82, 2.24) is 14.8 Å². The van der Waals surface area contributed by atoms with Crippen LogP contribution in [0.1, 0.15) is 48.7 Å². The van der Waals surface area contributed by atoms with Gasteiger partial charge in [-0.15, -0.1) is 0 Å². The van der Waals surface area contributed by atoms with Gasteiger partial charge in [-0.25, -0.2) is 0 Å². The number of carbonyl (C=O) groups excluding carboxylic acids is 2. The maximum Gasteiger partial charge on any atom is 0.271 e. The Morgan fingerprint density at radius 3 is 2.62 bits per heavy atom. The summed E-state index contributed by atoms with van der Waals surface area (Å²) in [5, 5.41) is 4.26. The Kier molecular flexibility index (Phi) is 5.16. The van der Waals surface area contributed by atoms with E-state index in [1.165, 1.54) is 0 Å². The Hall–Kier alpha value is -3.28. The molecular weight excluding hydrogens is 402 g/mol. The highest BCUT2D eigenvalue weighted by atomic mass is 16.5. The van der Waals surface area contributed by atoms with Crippen LogP contribution in [0.3, 0.4) is 0 Å². The Labute approximate surface area is 188 Å². The second-order valence-corrected chi connectivity index (χ2v) is 9.11. The van der Waals surface area contributed by atoms with Crippen LogP contribution in [0.2, 0.25) is 0 Å². The molecule has 2 amide bonds. The monoisotopic (exact) mass is 431 g/mol. The molecule has 0 saturated heterocycles. The van der Waals surface area contributed by atoms with Gasteiger partial charge < -0.3 is 19.5 Å². The van der Waals surface area contributed by atoms with E-state index in [0.717, 1.165) is 42.1 Å². The summed E-state index contributed by atoms with van der Waals surface area (Å²) in [5.74, 6) is 0.489. The van der Waals surface area contributed by atoms with Gasteiger partial charge in [0.1, 0.15) is 17.0 Å². The van der Waals surface area contributed by atoms with Crippen LogP contribution in [-0.4, -0.2) is 40.0 Å². The molecule has 6 heteroatoms. The van der Waals surface area contributed by atoms with E-state index in [2.05, 4.69) is 5.32 Å². The number of hydrogen-bond acceptors (Lipinski definition) is 3. The SMILES string of the molecule is COc1ccccc1CN1C(=O)c2cc3ccccc3n2C[C@@]1(C)C(=O)NC1CCCC1. The molecule has 2 aliphatic rings. The summed E-state index contributed by atoms with van der Waals surface area (Å²) >= 11 is 0. The van der Waals surface area contributed by atoms with Crippen LogP contribution < -0.4 is 10.1 Å². The molecule has 1 aromatic heterocycles. The zero-order valence-corrected chi connectivity index (χ0v) is 18.6. The summed E-state index contributed by atoms with van der Waals surface area (Å²) in [4.78, 5) is 29.3. The molecule has 5 rings (SSSR count). The first-order chi connectivity index (χ1) is 15.5. The molecule has 1 saturated carbocycles. The normalized spacial score (nSPS) is 21.1. The minimum atomic E-state index is -1.02. The number of nitrogens with zero attached hydrogens (tertiary/aromatic N) is 2. The smallest absolute Gasteiger partial charge is 0.271 e. The fourth-order valence-corrected chi connectivity index (χ4v) is 5.17. The van der Waals surface area contributed by atoms with E-state index < -0.39 is 5.54 Å². The van der Waals surface area contributed by atoms with Gasteiger partial charge in [0.25, 0.3) is 5.91 Å². The number of ether oxygens (including phenoxy) is 1. The lowest BCUT2D eigenvalue weighted by Gasteiger charge is -2.44. The molecule has 0 bridgehead atoms. The number of carbonyl (C=O) groups is 2. The third kappa shape index (κ3) is 3.34. The van der Waals surface area contributed by atoms with Gasteiger partial charge in [-0.2, -0.15) is 0 Å². The summed E-state index contributed by atoms with van der Waals surface area (Å²) in [6.07, 6.45) is 4.27. The highest BCUT2D eigenvalue weighted by Gasteiger charge is 2.48. The highest BCUT2D eigenvalue weighted by Crippen LogP contribution is 2.35. The zero-order chi connectivity index (χ0) is 22.3. The van der Waals surface area contributed by atoms with Gasteiger partial charge >= 0.3 is 0 Å². The number of nitrogens with one attached hydrogen (secondary N) is 1. The number of benzene rings is 2. The molecule has 32 heavy (non-hydrogen) atoms. The summed E-state index contributed by atoms with van der Waals surface area (Å²) in [6.45, 7) is 2.61. The quantitative estimate of drug-likeness (QED) is 0.661. The van der Waals surface area contributed by atoms with Crippen LogP contribution >= 0.6 is 0 Å². The van der Waals surface area contributed by atoms with Gasteiger partial charge in [-0.05, 0) is 38.0 Å². The number of amides is 2. The molecule has 0 unspecified atom stereocenters. The van der Waals surface area contributed by atoms with Crippen LogP contribution in [0.4, 0.5) is 0 Å². The summed E-state index contributed by atoms with van der Waals surface area (Å²) in [6, 6.07) is 17.7. The van der Waals surface area contributed by atoms with Gasteiger partial charge in [-0.1, -0.05) is 49.2 Å². The van der Waals surface area contributed by atoms with Gasteiger partial charge in [0.15, 0.2) is 0 Å². The lowest BCUT2D eigenvalue weighted by Crippen LogP contribution is -2.64. The fourth-order valence-electron chi connectivity index (χ4n) is 5.17. The van der Waals surface area contributed by atoms with E-state index in [-0.39, 0.29) is 17.9 Å². The summed E-state index contributed by atoms with van der Waals surface area (Å²) < 4.78 is 7.54. The number of fused-ring (bicyclic) bond motifs is 3. The van der Waals surface area contributed by atoms with Crippen molar-refractivity contribution in [2.45, 2.75) is 57.3 Å². The molecule has 6 nitrogen and oxygen atoms in total. The van der Waals surface area contributed by atoms with E-state index >= 15 is 0 Å². The van der Waals surface area contributed by atoms with Crippen LogP contribution in [-0.2, 0) is 17.9 Å².